The zero-order chi connectivity index (χ0) is 16.1. The van der Waals surface area contributed by atoms with Crippen LogP contribution in [0.3, 0.4) is 0 Å². The quantitative estimate of drug-likeness (QED) is 0.723. The molecule has 0 aromatic carbocycles. The molecule has 1 fully saturated rings. The highest BCUT2D eigenvalue weighted by atomic mass is 16.1. The monoisotopic (exact) mass is 296 g/mol. The molecule has 0 spiro atoms. The Labute approximate surface area is 127 Å². The maximum absolute atomic E-state index is 10.8. The first kappa shape index (κ1) is 15.1. The van der Waals surface area contributed by atoms with Crippen LogP contribution in [0.2, 0.25) is 0 Å². The van der Waals surface area contributed by atoms with Crippen LogP contribution in [0.15, 0.2) is 0 Å². The highest BCUT2D eigenvalue weighted by molar-refractivity contribution is 5.64. The lowest BCUT2D eigenvalue weighted by atomic mass is 10.0. The van der Waals surface area contributed by atoms with Crippen LogP contribution in [0.5, 0.6) is 0 Å². The van der Waals surface area contributed by atoms with E-state index in [2.05, 4.69) is 11.1 Å². The number of nitrogens with one attached hydrogen (secondary N) is 1. The normalized spacial score (nSPS) is 13.9. The number of hydrogen-bond donors (Lipinski definition) is 1. The summed E-state index contributed by atoms with van der Waals surface area (Å²) in [5.41, 5.74) is 6.59. The smallest absolute Gasteiger partial charge is 0.240 e. The molecule has 1 saturated heterocycles. The minimum atomic E-state index is -0.0635. The van der Waals surface area contributed by atoms with Crippen molar-refractivity contribution in [1.82, 2.24) is 4.90 Å². The zero-order valence-corrected chi connectivity index (χ0v) is 11.8. The number of carbonyl (C=O) groups excluding carboxylic acids is 1. The molecule has 8 nitrogen and oxygen atoms in total. The number of nitrogens with two attached hydrogens (primary N) is 1. The largest absolute Gasteiger partial charge is 0.339 e. The molecule has 0 unspecified atom stereocenters. The van der Waals surface area contributed by atoms with Crippen molar-refractivity contribution in [3.8, 4) is 18.2 Å². The van der Waals surface area contributed by atoms with Crippen molar-refractivity contribution in [2.75, 3.05) is 36.8 Å². The summed E-state index contributed by atoms with van der Waals surface area (Å²) in [7, 11) is 0. The number of piperazine rings is 1. The first-order valence-corrected chi connectivity index (χ1v) is 6.65. The zero-order valence-electron chi connectivity index (χ0n) is 11.8. The van der Waals surface area contributed by atoms with Gasteiger partial charge in [0.2, 0.25) is 18.0 Å². The summed E-state index contributed by atoms with van der Waals surface area (Å²) in [4.78, 5) is 17.2. The second-order valence-electron chi connectivity index (χ2n) is 4.80. The summed E-state index contributed by atoms with van der Waals surface area (Å²) in [6.07, 6.45) is 0.729. The first-order chi connectivity index (χ1) is 10.7. The number of carbonyl (C=O) groups is 1. The SMILES string of the molecule is N#CCc1c(C#N)c(N)[nH+]c(N2CCN(C=O)CC2)c1C#N. The molecule has 2 rings (SSSR count). The Balaban J connectivity index is 2.49. The van der Waals surface area contributed by atoms with Crippen LogP contribution in [0.25, 0.3) is 0 Å². The molecule has 1 aliphatic rings. The van der Waals surface area contributed by atoms with E-state index in [4.69, 9.17) is 11.0 Å². The minimum absolute atomic E-state index is 0.0635. The van der Waals surface area contributed by atoms with Gasteiger partial charge in [0, 0.05) is 5.56 Å². The van der Waals surface area contributed by atoms with Gasteiger partial charge in [-0.25, -0.2) is 4.98 Å². The fraction of sp³-hybridized carbons (Fsp3) is 0.357. The summed E-state index contributed by atoms with van der Waals surface area (Å²) in [6, 6.07) is 5.96. The fourth-order valence-corrected chi connectivity index (χ4v) is 2.48. The van der Waals surface area contributed by atoms with Crippen LogP contribution in [0.1, 0.15) is 16.7 Å². The molecule has 0 bridgehead atoms. The molecule has 1 aromatic heterocycles. The molecule has 3 N–H and O–H groups in total. The Bertz CT molecular complexity index is 715. The predicted octanol–water partition coefficient (Wildman–Crippen LogP) is -0.829. The molecule has 1 aliphatic heterocycles. The van der Waals surface area contributed by atoms with E-state index in [0.29, 0.717) is 37.6 Å². The van der Waals surface area contributed by atoms with E-state index in [1.807, 2.05) is 17.0 Å². The Kier molecular flexibility index (Phi) is 4.41. The van der Waals surface area contributed by atoms with Gasteiger partial charge in [-0.3, -0.25) is 9.69 Å². The molecule has 0 radical (unpaired) electrons. The molecule has 0 aliphatic carbocycles. The number of aromatic nitrogens is 1. The third-order valence-electron chi connectivity index (χ3n) is 3.62. The second-order valence-corrected chi connectivity index (χ2v) is 4.80. The van der Waals surface area contributed by atoms with Gasteiger partial charge in [-0.05, 0) is 0 Å². The molecule has 0 atom stereocenters. The molecule has 8 heteroatoms. The molecule has 1 amide bonds. The van der Waals surface area contributed by atoms with Gasteiger partial charge in [0.1, 0.15) is 23.3 Å². The van der Waals surface area contributed by atoms with E-state index in [1.165, 1.54) is 0 Å². The molecule has 0 saturated carbocycles. The molecular formula is C14H14N7O+. The average Bonchev–Trinajstić information content (AvgIpc) is 2.55. The first-order valence-electron chi connectivity index (χ1n) is 6.65. The number of nitrogens with zero attached hydrogens (tertiary/aromatic N) is 5. The van der Waals surface area contributed by atoms with Crippen LogP contribution in [-0.4, -0.2) is 37.5 Å². The van der Waals surface area contributed by atoms with E-state index in [-0.39, 0.29) is 23.4 Å². The molecular weight excluding hydrogens is 282 g/mol. The van der Waals surface area contributed by atoms with Crippen molar-refractivity contribution in [2.45, 2.75) is 6.42 Å². The number of aromatic amines is 1. The Morgan fingerprint density at radius 2 is 1.77 bits per heavy atom. The van der Waals surface area contributed by atoms with Gasteiger partial charge in [0.15, 0.2) is 0 Å². The molecule has 22 heavy (non-hydrogen) atoms. The molecule has 110 valence electrons. The van der Waals surface area contributed by atoms with E-state index >= 15 is 0 Å². The van der Waals surface area contributed by atoms with Gasteiger partial charge in [-0.15, -0.1) is 0 Å². The Morgan fingerprint density at radius 3 is 2.27 bits per heavy atom. The number of pyridine rings is 1. The van der Waals surface area contributed by atoms with Crippen molar-refractivity contribution < 1.29 is 9.78 Å². The van der Waals surface area contributed by atoms with Crippen molar-refractivity contribution in [3.05, 3.63) is 16.7 Å². The van der Waals surface area contributed by atoms with Crippen LogP contribution in [0, 0.1) is 34.0 Å². The van der Waals surface area contributed by atoms with E-state index in [0.717, 1.165) is 6.41 Å². The van der Waals surface area contributed by atoms with Crippen molar-refractivity contribution in [2.24, 2.45) is 0 Å². The summed E-state index contributed by atoms with van der Waals surface area (Å²) < 4.78 is 0. The lowest BCUT2D eigenvalue weighted by Crippen LogP contribution is -2.48. The van der Waals surface area contributed by atoms with Crippen LogP contribution >= 0.6 is 0 Å². The highest BCUT2D eigenvalue weighted by Crippen LogP contribution is 2.25. The van der Waals surface area contributed by atoms with Gasteiger partial charge in [0.05, 0.1) is 38.7 Å². The van der Waals surface area contributed by atoms with Crippen LogP contribution in [-0.2, 0) is 11.2 Å². The standard InChI is InChI=1S/C14H13N7O/c15-2-1-10-11(7-16)13(18)19-14(12(10)8-17)21-5-3-20(9-22)4-6-21/h9H,1,3-6H2,(H2,18,19)/p+1. The minimum Gasteiger partial charge on any atom is -0.339 e. The third-order valence-corrected chi connectivity index (χ3v) is 3.62. The van der Waals surface area contributed by atoms with Gasteiger partial charge in [0.25, 0.3) is 0 Å². The lowest BCUT2D eigenvalue weighted by Gasteiger charge is -2.30. The number of rotatable bonds is 3. The number of nitrogen functional groups attached to an aromatic ring is 1. The maximum atomic E-state index is 10.8. The van der Waals surface area contributed by atoms with Crippen molar-refractivity contribution in [1.29, 1.82) is 15.8 Å². The average molecular weight is 296 g/mol. The van der Waals surface area contributed by atoms with Crippen LogP contribution < -0.4 is 15.6 Å². The molecule has 1 aromatic rings. The molecule has 2 heterocycles. The summed E-state index contributed by atoms with van der Waals surface area (Å²) in [5.74, 6) is 0.634. The maximum Gasteiger partial charge on any atom is 0.240 e. The second kappa shape index (κ2) is 6.43. The van der Waals surface area contributed by atoms with Crippen molar-refractivity contribution in [3.63, 3.8) is 0 Å². The number of hydrogen-bond acceptors (Lipinski definition) is 6. The fourth-order valence-electron chi connectivity index (χ4n) is 2.48. The number of H-pyrrole nitrogens is 1. The van der Waals surface area contributed by atoms with Gasteiger partial charge >= 0.3 is 0 Å². The van der Waals surface area contributed by atoms with Gasteiger partial charge in [-0.2, -0.15) is 15.8 Å². The summed E-state index contributed by atoms with van der Waals surface area (Å²) >= 11 is 0. The van der Waals surface area contributed by atoms with Crippen LogP contribution in [0.4, 0.5) is 11.6 Å². The summed E-state index contributed by atoms with van der Waals surface area (Å²) in [6.45, 7) is 2.16. The van der Waals surface area contributed by atoms with E-state index in [1.54, 1.807) is 4.90 Å². The van der Waals surface area contributed by atoms with Gasteiger partial charge < -0.3 is 10.6 Å². The predicted molar refractivity (Wildman–Crippen MR) is 76.0 cm³/mol. The van der Waals surface area contributed by atoms with E-state index in [9.17, 15) is 15.3 Å². The number of anilines is 2. The topological polar surface area (TPSA) is 135 Å². The van der Waals surface area contributed by atoms with E-state index < -0.39 is 0 Å². The number of nitriles is 3. The van der Waals surface area contributed by atoms with Crippen molar-refractivity contribution >= 4 is 18.0 Å². The highest BCUT2D eigenvalue weighted by Gasteiger charge is 2.28. The van der Waals surface area contributed by atoms with Gasteiger partial charge in [-0.1, -0.05) is 0 Å². The Morgan fingerprint density at radius 1 is 1.14 bits per heavy atom. The Hall–Kier alpha value is -3.31. The summed E-state index contributed by atoms with van der Waals surface area (Å²) in [5, 5.41) is 27.6. The number of amides is 1. The third kappa shape index (κ3) is 2.61. The lowest BCUT2D eigenvalue weighted by molar-refractivity contribution is -0.347.